The fourth-order valence-electron chi connectivity index (χ4n) is 10.0. The molecule has 64 heavy (non-hydrogen) atoms. The van der Waals surface area contributed by atoms with Crippen LogP contribution in [0.3, 0.4) is 0 Å². The number of benzene rings is 2. The van der Waals surface area contributed by atoms with E-state index in [1.165, 1.54) is 20.3 Å². The molecule has 4 aromatic rings. The van der Waals surface area contributed by atoms with E-state index in [0.29, 0.717) is 26.2 Å². The molecule has 0 spiro atoms. The van der Waals surface area contributed by atoms with Crippen molar-refractivity contribution in [3.8, 4) is 0 Å². The third kappa shape index (κ3) is 16.5. The maximum Gasteiger partial charge on any atom is 0.331 e. The summed E-state index contributed by atoms with van der Waals surface area (Å²) >= 11 is 0. The number of halogens is 2. The molecule has 1 aliphatic rings. The summed E-state index contributed by atoms with van der Waals surface area (Å²) < 4.78 is 8.69. The minimum absolute atomic E-state index is 0. The summed E-state index contributed by atoms with van der Waals surface area (Å²) in [6, 6.07) is 25.0. The molecule has 2 atom stereocenters. The monoisotopic (exact) mass is 1010 g/mol. The van der Waals surface area contributed by atoms with Gasteiger partial charge in [0.2, 0.25) is 0 Å². The fourth-order valence-corrected chi connectivity index (χ4v) is 10.0. The Kier molecular flexibility index (Phi) is 24.6. The van der Waals surface area contributed by atoms with Crippen molar-refractivity contribution in [2.45, 2.75) is 170 Å². The van der Waals surface area contributed by atoms with Gasteiger partial charge in [-0.05, 0) is 105 Å². The molecule has 0 N–H and O–H groups in total. The zero-order valence-electron chi connectivity index (χ0n) is 39.8. The van der Waals surface area contributed by atoms with Gasteiger partial charge < -0.3 is 42.9 Å². The molecule has 1 aliphatic heterocycles. The van der Waals surface area contributed by atoms with Gasteiger partial charge in [0, 0.05) is 60.8 Å². The Balaban J connectivity index is 0.00000544. The first-order valence-electron chi connectivity index (χ1n) is 24.5. The minimum Gasteiger partial charge on any atom is -1.00 e. The normalized spacial score (nSPS) is 20.9. The van der Waals surface area contributed by atoms with Crippen molar-refractivity contribution >= 4 is 0 Å². The van der Waals surface area contributed by atoms with Crippen LogP contribution in [0.4, 0.5) is 0 Å². The van der Waals surface area contributed by atoms with Gasteiger partial charge in [-0.3, -0.25) is 27.9 Å². The fraction of sp³-hybridized carbons (Fsp3) is 0.615. The molecule has 0 aliphatic carbocycles. The lowest BCUT2D eigenvalue weighted by Gasteiger charge is -2.38. The highest BCUT2D eigenvalue weighted by Gasteiger charge is 2.26. The lowest BCUT2D eigenvalue weighted by Crippen LogP contribution is -3.00. The van der Waals surface area contributed by atoms with E-state index in [2.05, 4.69) is 74.5 Å². The third-order valence-corrected chi connectivity index (χ3v) is 14.1. The summed E-state index contributed by atoms with van der Waals surface area (Å²) in [4.78, 5) is 53.5. The smallest absolute Gasteiger partial charge is 0.331 e. The van der Waals surface area contributed by atoms with Gasteiger partial charge in [-0.15, -0.1) is 0 Å². The van der Waals surface area contributed by atoms with E-state index in [1.807, 2.05) is 23.0 Å². The van der Waals surface area contributed by atoms with Crippen molar-refractivity contribution in [1.82, 2.24) is 18.3 Å². The lowest BCUT2D eigenvalue weighted by molar-refractivity contribution is -0.939. The van der Waals surface area contributed by atoms with Gasteiger partial charge in [0.05, 0.1) is 39.3 Å². The number of rotatable bonds is 6. The first kappa shape index (κ1) is 55.0. The molecule has 4 bridgehead atoms. The Hall–Kier alpha value is -3.32. The number of hydrogen-bond donors (Lipinski definition) is 0. The molecule has 0 radical (unpaired) electrons. The molecule has 2 aromatic carbocycles. The van der Waals surface area contributed by atoms with Crippen LogP contribution in [0.25, 0.3) is 0 Å². The van der Waals surface area contributed by atoms with Gasteiger partial charge >= 0.3 is 11.4 Å². The van der Waals surface area contributed by atoms with Gasteiger partial charge in [0.1, 0.15) is 13.1 Å². The number of aromatic nitrogens is 4. The lowest BCUT2D eigenvalue weighted by atomic mass is 10.1. The van der Waals surface area contributed by atoms with Gasteiger partial charge in [-0.1, -0.05) is 86.3 Å². The number of quaternary nitrogens is 2. The molecule has 0 saturated heterocycles. The molecular formula is C52H80Br2N6O4. The SMILES string of the molecule is CC[N+]1(Cc2ccccc2)CCCCCCn2c(C)cc(=O)n(c2=O)CCCCCC[N+](CC)(Cc2ccccc2)CCCCCCn2c(C)cc(=O)n(c2=O)CCCCCC1.[Br-].[Br-]. The predicted octanol–water partition coefficient (Wildman–Crippen LogP) is 2.99. The summed E-state index contributed by atoms with van der Waals surface area (Å²) in [6.45, 7) is 19.2. The number of nitrogens with zero attached hydrogens (tertiary/aromatic N) is 6. The zero-order chi connectivity index (χ0) is 44.2. The molecule has 356 valence electrons. The predicted molar refractivity (Wildman–Crippen MR) is 255 cm³/mol. The van der Waals surface area contributed by atoms with Crippen LogP contribution in [0.2, 0.25) is 0 Å². The van der Waals surface area contributed by atoms with Crippen LogP contribution >= 0.6 is 0 Å². The van der Waals surface area contributed by atoms with E-state index in [1.54, 1.807) is 12.1 Å². The van der Waals surface area contributed by atoms with Gasteiger partial charge in [0.25, 0.3) is 11.1 Å². The first-order chi connectivity index (χ1) is 30.1. The molecule has 2 aromatic heterocycles. The van der Waals surface area contributed by atoms with Crippen molar-refractivity contribution in [1.29, 1.82) is 0 Å². The van der Waals surface area contributed by atoms with Gasteiger partial charge in [-0.2, -0.15) is 0 Å². The maximum absolute atomic E-state index is 13.7. The molecule has 2 unspecified atom stereocenters. The third-order valence-electron chi connectivity index (χ3n) is 14.1. The van der Waals surface area contributed by atoms with Crippen LogP contribution in [-0.2, 0) is 39.3 Å². The van der Waals surface area contributed by atoms with Gasteiger partial charge in [-0.25, -0.2) is 9.59 Å². The van der Waals surface area contributed by atoms with Crippen LogP contribution in [0.15, 0.2) is 92.0 Å². The van der Waals surface area contributed by atoms with E-state index in [-0.39, 0.29) is 56.5 Å². The summed E-state index contributed by atoms with van der Waals surface area (Å²) in [5.74, 6) is 0. The van der Waals surface area contributed by atoms with Crippen LogP contribution in [-0.4, -0.2) is 66.5 Å². The van der Waals surface area contributed by atoms with E-state index in [4.69, 9.17) is 0 Å². The standard InChI is InChI=1S/C52H80N6O4.2BrH/c1-5-57(43-47-29-17-15-18-30-47)37-25-11-7-21-33-53-45(3)41-50(60)56(51(53)61)36-24-10-14-28-40-58(6-2,44-48-31-19-16-20-32-48)38-26-12-8-22-34-54-46(4)42-49(59)55(52(54)62)35-23-9-13-27-39-57;;/h15-20,29-32,41-42H,5-14,21-28,33-40,43-44H2,1-4H3;2*1H/q+2;;/p-2. The topological polar surface area (TPSA) is 88.0 Å². The Bertz CT molecular complexity index is 2030. The van der Waals surface area contributed by atoms with Crippen LogP contribution in [0.5, 0.6) is 0 Å². The average molecular weight is 1010 g/mol. The second-order valence-corrected chi connectivity index (χ2v) is 18.6. The van der Waals surface area contributed by atoms with Gasteiger partial charge in [0.15, 0.2) is 0 Å². The summed E-state index contributed by atoms with van der Waals surface area (Å²) in [5, 5.41) is 0. The van der Waals surface area contributed by atoms with E-state index in [9.17, 15) is 19.2 Å². The Morgan fingerprint density at radius 3 is 0.984 bits per heavy atom. The minimum atomic E-state index is -0.177. The first-order valence-corrected chi connectivity index (χ1v) is 24.5. The second-order valence-electron chi connectivity index (χ2n) is 18.6. The molecule has 5 rings (SSSR count). The number of aryl methyl sites for hydroxylation is 2. The zero-order valence-corrected chi connectivity index (χ0v) is 43.0. The van der Waals surface area contributed by atoms with Crippen LogP contribution in [0, 0.1) is 13.8 Å². The van der Waals surface area contributed by atoms with Crippen molar-refractivity contribution < 1.29 is 42.9 Å². The maximum atomic E-state index is 13.7. The molecule has 12 heteroatoms. The van der Waals surface area contributed by atoms with E-state index in [0.717, 1.165) is 175 Å². The molecule has 10 nitrogen and oxygen atoms in total. The van der Waals surface area contributed by atoms with E-state index < -0.39 is 0 Å². The largest absolute Gasteiger partial charge is 1.00 e. The van der Waals surface area contributed by atoms with Crippen molar-refractivity contribution in [2.75, 3.05) is 39.3 Å². The molecule has 0 amide bonds. The summed E-state index contributed by atoms with van der Waals surface area (Å²) in [6.07, 6.45) is 16.4. The van der Waals surface area contributed by atoms with E-state index >= 15 is 0 Å². The molecule has 0 saturated carbocycles. The van der Waals surface area contributed by atoms with Crippen LogP contribution < -0.4 is 56.5 Å². The highest BCUT2D eigenvalue weighted by molar-refractivity contribution is 5.14. The highest BCUT2D eigenvalue weighted by atomic mass is 79.9. The Morgan fingerprint density at radius 1 is 0.406 bits per heavy atom. The van der Waals surface area contributed by atoms with Crippen molar-refractivity contribution in [3.63, 3.8) is 0 Å². The quantitative estimate of drug-likeness (QED) is 0.279. The number of fused-ring (bicyclic) bond motifs is 4. The summed E-state index contributed by atoms with van der Waals surface area (Å²) in [7, 11) is 0. The van der Waals surface area contributed by atoms with Crippen LogP contribution in [0.1, 0.15) is 139 Å². The molecule has 3 heterocycles. The Labute approximate surface area is 405 Å². The Morgan fingerprint density at radius 2 is 0.688 bits per heavy atom. The van der Waals surface area contributed by atoms with Crippen molar-refractivity contribution in [3.05, 3.63) is 137 Å². The summed E-state index contributed by atoms with van der Waals surface area (Å²) in [5.41, 5.74) is 3.59. The second kappa shape index (κ2) is 28.7. The molecule has 0 fully saturated rings. The molecular weight excluding hydrogens is 932 g/mol. The average Bonchev–Trinajstić information content (AvgIpc) is 3.26. The highest BCUT2D eigenvalue weighted by Crippen LogP contribution is 2.22. The number of hydrogen-bond acceptors (Lipinski definition) is 4. The van der Waals surface area contributed by atoms with Crippen molar-refractivity contribution in [2.24, 2.45) is 0 Å².